The number of hydrogen-bond donors (Lipinski definition) is 1. The van der Waals surface area contributed by atoms with Gasteiger partial charge in [-0.05, 0) is 66.3 Å². The van der Waals surface area contributed by atoms with Crippen LogP contribution >= 0.6 is 12.2 Å². The predicted octanol–water partition coefficient (Wildman–Crippen LogP) is 5.98. The summed E-state index contributed by atoms with van der Waals surface area (Å²) in [5.41, 5.74) is 0.615. The Balaban J connectivity index is 1.62. The highest BCUT2D eigenvalue weighted by Crippen LogP contribution is 2.34. The maximum Gasteiger partial charge on any atom is 0.416 e. The zero-order valence-corrected chi connectivity index (χ0v) is 16.8. The van der Waals surface area contributed by atoms with Gasteiger partial charge in [0.05, 0.1) is 12.1 Å². The van der Waals surface area contributed by atoms with E-state index in [2.05, 4.69) is 5.32 Å². The fourth-order valence-corrected chi connectivity index (χ4v) is 3.40. The van der Waals surface area contributed by atoms with Crippen LogP contribution in [0, 0.1) is 5.82 Å². The second-order valence-electron chi connectivity index (χ2n) is 6.76. The number of nitrogens with one attached hydrogen (secondary N) is 1. The average molecular weight is 448 g/mol. The van der Waals surface area contributed by atoms with Crippen LogP contribution in [-0.2, 0) is 12.7 Å². The van der Waals surface area contributed by atoms with Crippen molar-refractivity contribution < 1.29 is 27.0 Å². The molecule has 31 heavy (non-hydrogen) atoms. The topological polar surface area (TPSA) is 33.7 Å². The fraction of sp³-hybridized carbons (Fsp3) is 0.136. The summed E-state index contributed by atoms with van der Waals surface area (Å²) in [4.78, 5) is 1.59. The van der Waals surface area contributed by atoms with E-state index in [4.69, 9.17) is 21.7 Å². The van der Waals surface area contributed by atoms with Crippen molar-refractivity contribution in [2.45, 2.75) is 12.7 Å². The van der Waals surface area contributed by atoms with E-state index >= 15 is 0 Å². The Morgan fingerprint density at radius 1 is 0.968 bits per heavy atom. The molecule has 0 fully saturated rings. The molecule has 1 heterocycles. The molecule has 160 valence electrons. The summed E-state index contributed by atoms with van der Waals surface area (Å²) in [7, 11) is 0. The first kappa shape index (κ1) is 20.9. The molecule has 1 N–H and O–H groups in total. The molecule has 0 radical (unpaired) electrons. The van der Waals surface area contributed by atoms with Gasteiger partial charge in [-0.25, -0.2) is 4.39 Å². The molecule has 0 saturated carbocycles. The summed E-state index contributed by atoms with van der Waals surface area (Å²) in [6, 6.07) is 15.9. The summed E-state index contributed by atoms with van der Waals surface area (Å²) in [6.45, 7) is 0.354. The minimum Gasteiger partial charge on any atom is -0.454 e. The second-order valence-corrected chi connectivity index (χ2v) is 7.15. The normalized spacial score (nSPS) is 12.5. The Hall–Kier alpha value is -3.33. The van der Waals surface area contributed by atoms with Gasteiger partial charge in [0, 0.05) is 11.4 Å². The SMILES string of the molecule is Fc1cccc(N(Cc2ccc3c(c2)OCO3)C(=S)Nc2cccc(C(F)(F)F)c2)c1. The Kier molecular flexibility index (Phi) is 5.69. The quantitative estimate of drug-likeness (QED) is 0.393. The summed E-state index contributed by atoms with van der Waals surface area (Å²) in [6.07, 6.45) is -4.48. The van der Waals surface area contributed by atoms with Crippen molar-refractivity contribution in [3.8, 4) is 11.5 Å². The molecule has 0 unspecified atom stereocenters. The zero-order valence-electron chi connectivity index (χ0n) is 15.9. The highest BCUT2D eigenvalue weighted by Gasteiger charge is 2.30. The molecule has 0 bridgehead atoms. The van der Waals surface area contributed by atoms with Crippen molar-refractivity contribution in [2.75, 3.05) is 17.0 Å². The Morgan fingerprint density at radius 3 is 2.52 bits per heavy atom. The van der Waals surface area contributed by atoms with E-state index in [0.29, 0.717) is 17.2 Å². The van der Waals surface area contributed by atoms with Gasteiger partial charge in [-0.2, -0.15) is 13.2 Å². The first-order valence-corrected chi connectivity index (χ1v) is 9.60. The number of hydrogen-bond acceptors (Lipinski definition) is 3. The molecule has 4 nitrogen and oxygen atoms in total. The monoisotopic (exact) mass is 448 g/mol. The van der Waals surface area contributed by atoms with Crippen LogP contribution in [-0.4, -0.2) is 11.9 Å². The summed E-state index contributed by atoms with van der Waals surface area (Å²) in [5.74, 6) is 0.731. The standard InChI is InChI=1S/C22H16F4N2O2S/c23-16-4-2-6-18(11-16)28(12-14-7-8-19-20(9-14)30-13-29-19)21(31)27-17-5-1-3-15(10-17)22(24,25)26/h1-11H,12-13H2,(H,27,31). The average Bonchev–Trinajstić information content (AvgIpc) is 3.19. The van der Waals surface area contributed by atoms with E-state index in [1.165, 1.54) is 30.3 Å². The largest absolute Gasteiger partial charge is 0.454 e. The number of ether oxygens (including phenoxy) is 2. The van der Waals surface area contributed by atoms with E-state index in [0.717, 1.165) is 17.7 Å². The number of nitrogens with zero attached hydrogens (tertiary/aromatic N) is 1. The Labute approximate surface area is 181 Å². The maximum absolute atomic E-state index is 13.9. The molecular weight excluding hydrogens is 432 g/mol. The second kappa shape index (κ2) is 8.43. The zero-order chi connectivity index (χ0) is 22.0. The third-order valence-corrected chi connectivity index (χ3v) is 4.91. The molecule has 9 heteroatoms. The number of fused-ring (bicyclic) bond motifs is 1. The van der Waals surface area contributed by atoms with Crippen LogP contribution < -0.4 is 19.7 Å². The lowest BCUT2D eigenvalue weighted by molar-refractivity contribution is -0.137. The van der Waals surface area contributed by atoms with E-state index in [9.17, 15) is 17.6 Å². The smallest absolute Gasteiger partial charge is 0.416 e. The first-order valence-electron chi connectivity index (χ1n) is 9.19. The van der Waals surface area contributed by atoms with Crippen LogP contribution in [0.3, 0.4) is 0 Å². The van der Waals surface area contributed by atoms with Crippen molar-refractivity contribution in [1.29, 1.82) is 0 Å². The molecule has 1 aliphatic heterocycles. The van der Waals surface area contributed by atoms with Gasteiger partial charge in [0.15, 0.2) is 16.6 Å². The van der Waals surface area contributed by atoms with Crippen LogP contribution in [0.25, 0.3) is 0 Å². The number of benzene rings is 3. The van der Waals surface area contributed by atoms with Crippen molar-refractivity contribution in [3.05, 3.63) is 83.7 Å². The van der Waals surface area contributed by atoms with E-state index in [-0.39, 0.29) is 24.1 Å². The van der Waals surface area contributed by atoms with E-state index in [1.54, 1.807) is 23.1 Å². The lowest BCUT2D eigenvalue weighted by Crippen LogP contribution is -2.34. The Morgan fingerprint density at radius 2 is 1.74 bits per heavy atom. The number of rotatable bonds is 4. The number of thiocarbonyl (C=S) groups is 1. The molecule has 4 rings (SSSR count). The predicted molar refractivity (Wildman–Crippen MR) is 113 cm³/mol. The molecule has 0 aromatic heterocycles. The number of alkyl halides is 3. The van der Waals surface area contributed by atoms with Crippen LogP contribution in [0.5, 0.6) is 11.5 Å². The number of anilines is 2. The van der Waals surface area contributed by atoms with Gasteiger partial charge >= 0.3 is 6.18 Å². The van der Waals surface area contributed by atoms with Gasteiger partial charge in [0.2, 0.25) is 6.79 Å². The van der Waals surface area contributed by atoms with E-state index < -0.39 is 17.6 Å². The highest BCUT2D eigenvalue weighted by atomic mass is 32.1. The summed E-state index contributed by atoms with van der Waals surface area (Å²) >= 11 is 5.47. The molecule has 1 aliphatic rings. The van der Waals surface area contributed by atoms with Gasteiger partial charge in [-0.1, -0.05) is 18.2 Å². The van der Waals surface area contributed by atoms with Crippen LogP contribution in [0.1, 0.15) is 11.1 Å². The van der Waals surface area contributed by atoms with Crippen molar-refractivity contribution in [3.63, 3.8) is 0 Å². The fourth-order valence-electron chi connectivity index (χ4n) is 3.11. The van der Waals surface area contributed by atoms with Gasteiger partial charge < -0.3 is 19.7 Å². The summed E-state index contributed by atoms with van der Waals surface area (Å²) < 4.78 is 63.7. The molecule has 0 spiro atoms. The van der Waals surface area contributed by atoms with Crippen LogP contribution in [0.15, 0.2) is 66.7 Å². The number of halogens is 4. The van der Waals surface area contributed by atoms with Crippen LogP contribution in [0.4, 0.5) is 28.9 Å². The van der Waals surface area contributed by atoms with Crippen molar-refractivity contribution >= 4 is 28.7 Å². The summed E-state index contributed by atoms with van der Waals surface area (Å²) in [5, 5.41) is 2.94. The molecule has 3 aromatic carbocycles. The highest BCUT2D eigenvalue weighted by molar-refractivity contribution is 7.80. The lowest BCUT2D eigenvalue weighted by Gasteiger charge is -2.26. The third kappa shape index (κ3) is 4.88. The Bertz CT molecular complexity index is 1120. The van der Waals surface area contributed by atoms with Crippen LogP contribution in [0.2, 0.25) is 0 Å². The molecule has 0 amide bonds. The third-order valence-electron chi connectivity index (χ3n) is 4.58. The van der Waals surface area contributed by atoms with Crippen molar-refractivity contribution in [1.82, 2.24) is 0 Å². The lowest BCUT2D eigenvalue weighted by atomic mass is 10.1. The van der Waals surface area contributed by atoms with Gasteiger partial charge in [-0.15, -0.1) is 0 Å². The van der Waals surface area contributed by atoms with Gasteiger partial charge in [0.25, 0.3) is 0 Å². The molecule has 3 aromatic rings. The van der Waals surface area contributed by atoms with E-state index in [1.807, 2.05) is 6.07 Å². The maximum atomic E-state index is 13.9. The minimum absolute atomic E-state index is 0.114. The molecular formula is C22H16F4N2O2S. The minimum atomic E-state index is -4.48. The van der Waals surface area contributed by atoms with Gasteiger partial charge in [0.1, 0.15) is 5.82 Å². The molecule has 0 atom stereocenters. The van der Waals surface area contributed by atoms with Gasteiger partial charge in [-0.3, -0.25) is 0 Å². The molecule has 0 aliphatic carbocycles. The first-order chi connectivity index (χ1) is 14.8. The van der Waals surface area contributed by atoms with Crippen molar-refractivity contribution in [2.24, 2.45) is 0 Å². The molecule has 0 saturated heterocycles.